The summed E-state index contributed by atoms with van der Waals surface area (Å²) in [5.74, 6) is 2.35. The standard InChI is InChI=1S/C28H24BrN3O5/c1-16(2)36-26-17(12-18(29)13-24(26)35-4)15-30-32-27(31-21-9-6-5-8-19(21)28(32)33)25-14-20-22(34-3)10-7-11-23(20)37-25/h5-16H,1-4H3. The molecule has 3 aromatic carbocycles. The van der Waals surface area contributed by atoms with Gasteiger partial charge in [0.05, 0.1) is 42.8 Å². The van der Waals surface area contributed by atoms with Crippen LogP contribution in [0.2, 0.25) is 0 Å². The monoisotopic (exact) mass is 561 g/mol. The van der Waals surface area contributed by atoms with Crippen LogP contribution < -0.4 is 19.8 Å². The number of benzene rings is 3. The highest BCUT2D eigenvalue weighted by Gasteiger charge is 2.19. The Balaban J connectivity index is 1.74. The van der Waals surface area contributed by atoms with Crippen LogP contribution in [0.5, 0.6) is 17.2 Å². The van der Waals surface area contributed by atoms with E-state index in [1.54, 1.807) is 44.7 Å². The molecule has 0 unspecified atom stereocenters. The zero-order valence-electron chi connectivity index (χ0n) is 20.7. The number of fused-ring (bicyclic) bond motifs is 2. The lowest BCUT2D eigenvalue weighted by molar-refractivity contribution is 0.229. The maximum absolute atomic E-state index is 13.6. The Morgan fingerprint density at radius 2 is 1.78 bits per heavy atom. The van der Waals surface area contributed by atoms with Crippen molar-refractivity contribution in [3.8, 4) is 28.8 Å². The normalized spacial score (nSPS) is 11.6. The largest absolute Gasteiger partial charge is 0.496 e. The molecule has 0 spiro atoms. The first-order chi connectivity index (χ1) is 17.9. The van der Waals surface area contributed by atoms with Crippen LogP contribution in [0.25, 0.3) is 33.5 Å². The first-order valence-electron chi connectivity index (χ1n) is 11.6. The molecule has 0 saturated carbocycles. The van der Waals surface area contributed by atoms with Gasteiger partial charge >= 0.3 is 0 Å². The summed E-state index contributed by atoms with van der Waals surface area (Å²) < 4.78 is 25.1. The number of rotatable bonds is 7. The molecule has 0 amide bonds. The Labute approximate surface area is 221 Å². The first-order valence-corrected chi connectivity index (χ1v) is 12.4. The summed E-state index contributed by atoms with van der Waals surface area (Å²) in [4.78, 5) is 18.4. The fraction of sp³-hybridized carbons (Fsp3) is 0.179. The van der Waals surface area contributed by atoms with Crippen molar-refractivity contribution in [2.75, 3.05) is 14.2 Å². The molecule has 0 N–H and O–H groups in total. The molecular weight excluding hydrogens is 538 g/mol. The van der Waals surface area contributed by atoms with Crippen molar-refractivity contribution in [1.82, 2.24) is 9.66 Å². The minimum absolute atomic E-state index is 0.103. The molecule has 0 aliphatic carbocycles. The van der Waals surface area contributed by atoms with Crippen LogP contribution in [0.4, 0.5) is 0 Å². The quantitative estimate of drug-likeness (QED) is 0.218. The molecule has 2 heterocycles. The average molecular weight is 562 g/mol. The molecule has 188 valence electrons. The van der Waals surface area contributed by atoms with Crippen molar-refractivity contribution >= 4 is 44.0 Å². The zero-order chi connectivity index (χ0) is 26.1. The number of para-hydroxylation sites is 1. The third-order valence-electron chi connectivity index (χ3n) is 5.65. The fourth-order valence-electron chi connectivity index (χ4n) is 4.03. The Kier molecular flexibility index (Phi) is 6.71. The molecule has 9 heteroatoms. The summed E-state index contributed by atoms with van der Waals surface area (Å²) in [5, 5.41) is 5.77. The van der Waals surface area contributed by atoms with E-state index in [4.69, 9.17) is 23.6 Å². The van der Waals surface area contributed by atoms with Gasteiger partial charge in [0.25, 0.3) is 5.56 Å². The van der Waals surface area contributed by atoms with E-state index >= 15 is 0 Å². The summed E-state index contributed by atoms with van der Waals surface area (Å²) in [5.41, 5.74) is 1.43. The van der Waals surface area contributed by atoms with Crippen molar-refractivity contribution in [3.63, 3.8) is 0 Å². The van der Waals surface area contributed by atoms with E-state index < -0.39 is 0 Å². The Bertz CT molecular complexity index is 1700. The van der Waals surface area contributed by atoms with Crippen molar-refractivity contribution in [2.24, 2.45) is 5.10 Å². The number of halogens is 1. The Morgan fingerprint density at radius 1 is 1.00 bits per heavy atom. The molecular formula is C28H24BrN3O5. The molecule has 5 rings (SSSR count). The second kappa shape index (κ2) is 10.1. The van der Waals surface area contributed by atoms with Crippen LogP contribution in [0.15, 0.2) is 79.4 Å². The van der Waals surface area contributed by atoms with Gasteiger partial charge in [0.2, 0.25) is 5.82 Å². The lowest BCUT2D eigenvalue weighted by Gasteiger charge is -2.16. The van der Waals surface area contributed by atoms with Gasteiger partial charge < -0.3 is 18.6 Å². The SMILES string of the molecule is COc1cc(Br)cc(C=Nn2c(-c3cc4c(OC)cccc4o3)nc3ccccc3c2=O)c1OC(C)C. The number of aromatic nitrogens is 2. The number of hydrogen-bond acceptors (Lipinski definition) is 7. The number of furan rings is 1. The second-order valence-corrected chi connectivity index (χ2v) is 9.41. The van der Waals surface area contributed by atoms with E-state index in [9.17, 15) is 4.79 Å². The average Bonchev–Trinajstić information content (AvgIpc) is 3.33. The van der Waals surface area contributed by atoms with Gasteiger partial charge in [-0.15, -0.1) is 0 Å². The van der Waals surface area contributed by atoms with Crippen molar-refractivity contribution in [2.45, 2.75) is 20.0 Å². The van der Waals surface area contributed by atoms with E-state index in [0.717, 1.165) is 9.86 Å². The van der Waals surface area contributed by atoms with Crippen LogP contribution in [-0.4, -0.2) is 36.2 Å². The van der Waals surface area contributed by atoms with Gasteiger partial charge in [0, 0.05) is 10.0 Å². The van der Waals surface area contributed by atoms with Gasteiger partial charge in [-0.25, -0.2) is 4.98 Å². The van der Waals surface area contributed by atoms with Crippen molar-refractivity contribution in [1.29, 1.82) is 0 Å². The highest BCUT2D eigenvalue weighted by Crippen LogP contribution is 2.35. The Morgan fingerprint density at radius 3 is 2.54 bits per heavy atom. The van der Waals surface area contributed by atoms with E-state index in [2.05, 4.69) is 21.0 Å². The molecule has 8 nitrogen and oxygen atoms in total. The number of ether oxygens (including phenoxy) is 3. The summed E-state index contributed by atoms with van der Waals surface area (Å²) in [6.45, 7) is 3.85. The minimum Gasteiger partial charge on any atom is -0.496 e. The number of nitrogens with zero attached hydrogens (tertiary/aromatic N) is 3. The van der Waals surface area contributed by atoms with Gasteiger partial charge in [-0.3, -0.25) is 4.79 Å². The van der Waals surface area contributed by atoms with E-state index in [0.29, 0.717) is 45.1 Å². The van der Waals surface area contributed by atoms with Crippen LogP contribution in [0.1, 0.15) is 19.4 Å². The number of hydrogen-bond donors (Lipinski definition) is 0. The van der Waals surface area contributed by atoms with Gasteiger partial charge in [-0.1, -0.05) is 34.1 Å². The number of methoxy groups -OCH3 is 2. The summed E-state index contributed by atoms with van der Waals surface area (Å²) in [7, 11) is 3.17. The fourth-order valence-corrected chi connectivity index (χ4v) is 4.49. The second-order valence-electron chi connectivity index (χ2n) is 8.49. The van der Waals surface area contributed by atoms with Gasteiger partial charge in [0.15, 0.2) is 17.3 Å². The van der Waals surface area contributed by atoms with Gasteiger partial charge in [-0.05, 0) is 56.3 Å². The molecule has 0 aliphatic heterocycles. The summed E-state index contributed by atoms with van der Waals surface area (Å²) in [6.07, 6.45) is 1.45. The van der Waals surface area contributed by atoms with E-state index in [1.165, 1.54) is 4.68 Å². The van der Waals surface area contributed by atoms with Crippen molar-refractivity contribution in [3.05, 3.63) is 81.1 Å². The minimum atomic E-state index is -0.336. The highest BCUT2D eigenvalue weighted by atomic mass is 79.9. The molecule has 37 heavy (non-hydrogen) atoms. The van der Waals surface area contributed by atoms with Crippen LogP contribution >= 0.6 is 15.9 Å². The zero-order valence-corrected chi connectivity index (χ0v) is 22.3. The Hall–Kier alpha value is -4.11. The smallest absolute Gasteiger partial charge is 0.282 e. The van der Waals surface area contributed by atoms with Gasteiger partial charge in [-0.2, -0.15) is 9.78 Å². The topological polar surface area (TPSA) is 88.1 Å². The lowest BCUT2D eigenvalue weighted by atomic mass is 10.2. The molecule has 0 bridgehead atoms. The molecule has 2 aromatic heterocycles. The maximum Gasteiger partial charge on any atom is 0.282 e. The maximum atomic E-state index is 13.6. The van der Waals surface area contributed by atoms with E-state index in [-0.39, 0.29) is 17.5 Å². The predicted octanol–water partition coefficient (Wildman–Crippen LogP) is 6.26. The predicted molar refractivity (Wildman–Crippen MR) is 147 cm³/mol. The molecule has 0 aliphatic rings. The summed E-state index contributed by atoms with van der Waals surface area (Å²) in [6, 6.07) is 18.1. The molecule has 0 atom stereocenters. The third-order valence-corrected chi connectivity index (χ3v) is 6.11. The summed E-state index contributed by atoms with van der Waals surface area (Å²) >= 11 is 3.51. The third kappa shape index (κ3) is 4.70. The first kappa shape index (κ1) is 24.6. The molecule has 0 saturated heterocycles. The molecule has 0 radical (unpaired) electrons. The van der Waals surface area contributed by atoms with Crippen LogP contribution in [-0.2, 0) is 0 Å². The van der Waals surface area contributed by atoms with Crippen molar-refractivity contribution < 1.29 is 18.6 Å². The molecule has 5 aromatic rings. The van der Waals surface area contributed by atoms with E-state index in [1.807, 2.05) is 50.2 Å². The van der Waals surface area contributed by atoms with Crippen LogP contribution in [0.3, 0.4) is 0 Å². The lowest BCUT2D eigenvalue weighted by Crippen LogP contribution is -2.20. The highest BCUT2D eigenvalue weighted by molar-refractivity contribution is 9.10. The molecule has 0 fully saturated rings. The van der Waals surface area contributed by atoms with Crippen LogP contribution in [0, 0.1) is 0 Å². The van der Waals surface area contributed by atoms with Gasteiger partial charge in [0.1, 0.15) is 11.3 Å².